The van der Waals surface area contributed by atoms with Crippen molar-refractivity contribution < 1.29 is 5.11 Å². The van der Waals surface area contributed by atoms with Crippen molar-refractivity contribution in [1.29, 1.82) is 0 Å². The molecule has 82 valence electrons. The van der Waals surface area contributed by atoms with Gasteiger partial charge in [-0.1, -0.05) is 31.2 Å². The normalized spacial score (nSPS) is 22.9. The van der Waals surface area contributed by atoms with Crippen LogP contribution in [-0.2, 0) is 6.42 Å². The van der Waals surface area contributed by atoms with Crippen LogP contribution >= 0.6 is 0 Å². The molecule has 15 heavy (non-hydrogen) atoms. The molecule has 0 amide bonds. The van der Waals surface area contributed by atoms with E-state index in [1.165, 1.54) is 12.0 Å². The fourth-order valence-corrected chi connectivity index (χ4v) is 2.21. The van der Waals surface area contributed by atoms with E-state index in [-0.39, 0.29) is 12.1 Å². The van der Waals surface area contributed by atoms with E-state index in [4.69, 9.17) is 0 Å². The minimum Gasteiger partial charge on any atom is -0.387 e. The van der Waals surface area contributed by atoms with Crippen LogP contribution in [0.1, 0.15) is 37.0 Å². The highest BCUT2D eigenvalue weighted by Crippen LogP contribution is 2.23. The minimum absolute atomic E-state index is 0.247. The maximum atomic E-state index is 10.2. The third-order valence-electron chi connectivity index (χ3n) is 3.18. The van der Waals surface area contributed by atoms with E-state index in [0.29, 0.717) is 0 Å². The first kappa shape index (κ1) is 10.7. The van der Waals surface area contributed by atoms with Gasteiger partial charge in [0.15, 0.2) is 0 Å². The number of rotatable bonds is 3. The van der Waals surface area contributed by atoms with E-state index in [0.717, 1.165) is 24.9 Å². The predicted molar refractivity (Wildman–Crippen MR) is 61.8 cm³/mol. The third-order valence-corrected chi connectivity index (χ3v) is 3.18. The van der Waals surface area contributed by atoms with Crippen molar-refractivity contribution in [3.8, 4) is 0 Å². The summed E-state index contributed by atoms with van der Waals surface area (Å²) in [6.45, 7) is 3.18. The summed E-state index contributed by atoms with van der Waals surface area (Å²) in [5.41, 5.74) is 2.35. The number of aliphatic hydroxyl groups excluding tert-OH is 1. The van der Waals surface area contributed by atoms with Crippen molar-refractivity contribution in [1.82, 2.24) is 5.32 Å². The molecule has 2 nitrogen and oxygen atoms in total. The number of hydrogen-bond donors (Lipinski definition) is 2. The molecule has 1 aliphatic heterocycles. The van der Waals surface area contributed by atoms with Crippen LogP contribution in [-0.4, -0.2) is 17.7 Å². The highest BCUT2D eigenvalue weighted by Gasteiger charge is 2.23. The lowest BCUT2D eigenvalue weighted by atomic mass is 9.98. The standard InChI is InChI=1S/C13H19NO/c1-2-10-5-3-6-11(9-10)13(15)12-7-4-8-14-12/h3,5-6,9,12-15H,2,4,7-8H2,1H3. The van der Waals surface area contributed by atoms with E-state index < -0.39 is 0 Å². The number of aliphatic hydroxyl groups is 1. The summed E-state index contributed by atoms with van der Waals surface area (Å²) >= 11 is 0. The molecule has 1 heterocycles. The lowest BCUT2D eigenvalue weighted by molar-refractivity contribution is 0.137. The van der Waals surface area contributed by atoms with Gasteiger partial charge >= 0.3 is 0 Å². The second-order valence-corrected chi connectivity index (χ2v) is 4.25. The van der Waals surface area contributed by atoms with Gasteiger partial charge in [-0.3, -0.25) is 0 Å². The first-order valence-electron chi connectivity index (χ1n) is 5.81. The van der Waals surface area contributed by atoms with Gasteiger partial charge in [0.1, 0.15) is 0 Å². The Morgan fingerprint density at radius 3 is 3.07 bits per heavy atom. The molecule has 2 atom stereocenters. The molecule has 0 radical (unpaired) electrons. The quantitative estimate of drug-likeness (QED) is 0.791. The summed E-state index contributed by atoms with van der Waals surface area (Å²) < 4.78 is 0. The van der Waals surface area contributed by atoms with E-state index in [1.807, 2.05) is 12.1 Å². The Morgan fingerprint density at radius 1 is 1.53 bits per heavy atom. The lowest BCUT2D eigenvalue weighted by Crippen LogP contribution is -2.28. The monoisotopic (exact) mass is 205 g/mol. The van der Waals surface area contributed by atoms with Gasteiger partial charge in [-0.05, 0) is 36.9 Å². The third kappa shape index (κ3) is 2.39. The number of hydrogen-bond acceptors (Lipinski definition) is 2. The molecule has 1 aromatic carbocycles. The largest absolute Gasteiger partial charge is 0.387 e. The van der Waals surface area contributed by atoms with Crippen molar-refractivity contribution in [2.45, 2.75) is 38.3 Å². The molecule has 2 heteroatoms. The summed E-state index contributed by atoms with van der Waals surface area (Å²) in [7, 11) is 0. The summed E-state index contributed by atoms with van der Waals surface area (Å²) in [5, 5.41) is 13.5. The van der Waals surface area contributed by atoms with Crippen LogP contribution in [0.4, 0.5) is 0 Å². The number of aryl methyl sites for hydroxylation is 1. The van der Waals surface area contributed by atoms with Gasteiger partial charge in [0, 0.05) is 6.04 Å². The zero-order valence-corrected chi connectivity index (χ0v) is 9.24. The maximum Gasteiger partial charge on any atom is 0.0943 e. The first-order valence-corrected chi connectivity index (χ1v) is 5.81. The van der Waals surface area contributed by atoms with Crippen LogP contribution in [0.2, 0.25) is 0 Å². The minimum atomic E-state index is -0.348. The zero-order valence-electron chi connectivity index (χ0n) is 9.24. The van der Waals surface area contributed by atoms with Gasteiger partial charge in [0.05, 0.1) is 6.10 Å². The maximum absolute atomic E-state index is 10.2. The Hall–Kier alpha value is -0.860. The second-order valence-electron chi connectivity index (χ2n) is 4.25. The molecule has 0 aromatic heterocycles. The fraction of sp³-hybridized carbons (Fsp3) is 0.538. The van der Waals surface area contributed by atoms with E-state index in [9.17, 15) is 5.11 Å². The van der Waals surface area contributed by atoms with Crippen LogP contribution in [0.15, 0.2) is 24.3 Å². The molecule has 0 aliphatic carbocycles. The SMILES string of the molecule is CCc1cccc(C(O)C2CCCN2)c1. The van der Waals surface area contributed by atoms with Crippen molar-refractivity contribution in [2.75, 3.05) is 6.54 Å². The fourth-order valence-electron chi connectivity index (χ4n) is 2.21. The molecular weight excluding hydrogens is 186 g/mol. The van der Waals surface area contributed by atoms with Gasteiger partial charge in [0.2, 0.25) is 0 Å². The van der Waals surface area contributed by atoms with Gasteiger partial charge in [-0.15, -0.1) is 0 Å². The molecule has 1 aromatic rings. The Labute approximate surface area is 91.3 Å². The smallest absolute Gasteiger partial charge is 0.0943 e. The van der Waals surface area contributed by atoms with Crippen LogP contribution < -0.4 is 5.32 Å². The van der Waals surface area contributed by atoms with Crippen LogP contribution in [0.3, 0.4) is 0 Å². The van der Waals surface area contributed by atoms with E-state index in [2.05, 4.69) is 24.4 Å². The zero-order chi connectivity index (χ0) is 10.7. The van der Waals surface area contributed by atoms with Crippen LogP contribution in [0.25, 0.3) is 0 Å². The average Bonchev–Trinajstić information content (AvgIpc) is 2.81. The van der Waals surface area contributed by atoms with Gasteiger partial charge in [-0.2, -0.15) is 0 Å². The van der Waals surface area contributed by atoms with Crippen molar-refractivity contribution in [2.24, 2.45) is 0 Å². The van der Waals surface area contributed by atoms with Crippen molar-refractivity contribution in [3.63, 3.8) is 0 Å². The molecule has 0 saturated carbocycles. The van der Waals surface area contributed by atoms with Crippen molar-refractivity contribution >= 4 is 0 Å². The number of benzene rings is 1. The number of nitrogens with one attached hydrogen (secondary N) is 1. The van der Waals surface area contributed by atoms with Crippen molar-refractivity contribution in [3.05, 3.63) is 35.4 Å². The first-order chi connectivity index (χ1) is 7.31. The molecule has 1 fully saturated rings. The molecule has 1 aliphatic rings. The van der Waals surface area contributed by atoms with E-state index >= 15 is 0 Å². The molecule has 2 rings (SSSR count). The summed E-state index contributed by atoms with van der Waals surface area (Å²) in [5.74, 6) is 0. The highest BCUT2D eigenvalue weighted by atomic mass is 16.3. The summed E-state index contributed by atoms with van der Waals surface area (Å²) in [4.78, 5) is 0. The topological polar surface area (TPSA) is 32.3 Å². The van der Waals surface area contributed by atoms with Gasteiger partial charge < -0.3 is 10.4 Å². The highest BCUT2D eigenvalue weighted by molar-refractivity contribution is 5.26. The second kappa shape index (κ2) is 4.77. The van der Waals surface area contributed by atoms with Crippen LogP contribution in [0, 0.1) is 0 Å². The Balaban J connectivity index is 2.13. The summed E-state index contributed by atoms with van der Waals surface area (Å²) in [6.07, 6.45) is 2.93. The Morgan fingerprint density at radius 2 is 2.40 bits per heavy atom. The van der Waals surface area contributed by atoms with E-state index in [1.54, 1.807) is 0 Å². The molecule has 0 bridgehead atoms. The Kier molecular flexibility index (Phi) is 3.39. The molecular formula is C13H19NO. The predicted octanol–water partition coefficient (Wildman–Crippen LogP) is 2.03. The molecule has 1 saturated heterocycles. The lowest BCUT2D eigenvalue weighted by Gasteiger charge is -2.19. The molecule has 2 N–H and O–H groups in total. The average molecular weight is 205 g/mol. The Bertz CT molecular complexity index is 318. The molecule has 2 unspecified atom stereocenters. The van der Waals surface area contributed by atoms with Gasteiger partial charge in [0.25, 0.3) is 0 Å². The van der Waals surface area contributed by atoms with Crippen LogP contribution in [0.5, 0.6) is 0 Å². The summed E-state index contributed by atoms with van der Waals surface area (Å²) in [6, 6.07) is 8.52. The molecule has 0 spiro atoms. The van der Waals surface area contributed by atoms with Gasteiger partial charge in [-0.25, -0.2) is 0 Å².